The quantitative estimate of drug-likeness (QED) is 0.543. The van der Waals surface area contributed by atoms with Crippen molar-refractivity contribution in [3.8, 4) is 0 Å². The summed E-state index contributed by atoms with van der Waals surface area (Å²) >= 11 is 0. The summed E-state index contributed by atoms with van der Waals surface area (Å²) in [6.45, 7) is 3.75. The second kappa shape index (κ2) is 7.04. The highest BCUT2D eigenvalue weighted by Crippen LogP contribution is 2.07. The molecule has 1 aromatic carbocycles. The Hall–Kier alpha value is -1.31. The molecular weight excluding hydrogens is 200 g/mol. The molecule has 0 aliphatic heterocycles. The highest BCUT2D eigenvalue weighted by molar-refractivity contribution is 5.69. The van der Waals surface area contributed by atoms with Crippen molar-refractivity contribution in [3.05, 3.63) is 35.9 Å². The molecule has 0 unspecified atom stereocenters. The molecule has 0 saturated heterocycles. The van der Waals surface area contributed by atoms with Crippen LogP contribution in [0.4, 0.5) is 0 Å². The number of rotatable bonds is 6. The fraction of sp³-hybridized carbons (Fsp3) is 0.500. The van der Waals surface area contributed by atoms with Crippen molar-refractivity contribution in [2.45, 2.75) is 45.6 Å². The number of carbonyl (C=O) groups excluding carboxylic acids is 1. The largest absolute Gasteiger partial charge is 0.463 e. The maximum Gasteiger partial charge on any atom is 0.306 e. The van der Waals surface area contributed by atoms with E-state index in [2.05, 4.69) is 12.1 Å². The lowest BCUT2D eigenvalue weighted by Crippen LogP contribution is -2.10. The van der Waals surface area contributed by atoms with Gasteiger partial charge in [0.2, 0.25) is 0 Å². The Morgan fingerprint density at radius 3 is 2.50 bits per heavy atom. The van der Waals surface area contributed by atoms with Crippen LogP contribution in [0.1, 0.15) is 38.7 Å². The Morgan fingerprint density at radius 2 is 1.88 bits per heavy atom. The maximum absolute atomic E-state index is 11.2. The molecule has 0 radical (unpaired) electrons. The predicted octanol–water partition coefficient (Wildman–Crippen LogP) is 3.35. The zero-order valence-corrected chi connectivity index (χ0v) is 10.1. The van der Waals surface area contributed by atoms with Crippen LogP contribution in [0.3, 0.4) is 0 Å². The monoisotopic (exact) mass is 220 g/mol. The van der Waals surface area contributed by atoms with Crippen LogP contribution in [0.25, 0.3) is 0 Å². The van der Waals surface area contributed by atoms with Gasteiger partial charge in [0.1, 0.15) is 0 Å². The second-order valence-corrected chi connectivity index (χ2v) is 4.23. The van der Waals surface area contributed by atoms with Gasteiger partial charge in [0.05, 0.1) is 6.10 Å². The van der Waals surface area contributed by atoms with Crippen molar-refractivity contribution in [1.82, 2.24) is 0 Å². The summed E-state index contributed by atoms with van der Waals surface area (Å²) in [4.78, 5) is 11.2. The fourth-order valence-corrected chi connectivity index (χ4v) is 1.56. The van der Waals surface area contributed by atoms with Crippen LogP contribution in [0.2, 0.25) is 0 Å². The Morgan fingerprint density at radius 1 is 1.19 bits per heavy atom. The number of carbonyl (C=O) groups is 1. The van der Waals surface area contributed by atoms with Crippen molar-refractivity contribution in [2.24, 2.45) is 0 Å². The molecule has 1 rings (SSSR count). The molecule has 0 spiro atoms. The van der Waals surface area contributed by atoms with Gasteiger partial charge in [-0.05, 0) is 38.7 Å². The first-order valence-corrected chi connectivity index (χ1v) is 5.92. The number of ether oxygens (including phenoxy) is 1. The minimum absolute atomic E-state index is 0.00150. The van der Waals surface area contributed by atoms with Gasteiger partial charge in [0.15, 0.2) is 0 Å². The molecule has 0 saturated carbocycles. The van der Waals surface area contributed by atoms with Crippen LogP contribution >= 0.6 is 0 Å². The van der Waals surface area contributed by atoms with Gasteiger partial charge in [-0.25, -0.2) is 0 Å². The molecule has 0 atom stereocenters. The summed E-state index contributed by atoms with van der Waals surface area (Å²) in [5, 5.41) is 0. The third kappa shape index (κ3) is 5.54. The zero-order valence-electron chi connectivity index (χ0n) is 10.1. The van der Waals surface area contributed by atoms with Gasteiger partial charge in [-0.1, -0.05) is 30.3 Å². The molecule has 0 bridgehead atoms. The normalized spacial score (nSPS) is 10.4. The van der Waals surface area contributed by atoms with Crippen molar-refractivity contribution >= 4 is 5.97 Å². The second-order valence-electron chi connectivity index (χ2n) is 4.23. The predicted molar refractivity (Wildman–Crippen MR) is 65.2 cm³/mol. The van der Waals surface area contributed by atoms with E-state index in [-0.39, 0.29) is 12.1 Å². The minimum Gasteiger partial charge on any atom is -0.463 e. The summed E-state index contributed by atoms with van der Waals surface area (Å²) < 4.78 is 5.06. The first-order chi connectivity index (χ1) is 7.68. The average molecular weight is 220 g/mol. The van der Waals surface area contributed by atoms with E-state index in [0.717, 1.165) is 19.3 Å². The maximum atomic E-state index is 11.2. The van der Waals surface area contributed by atoms with E-state index in [9.17, 15) is 4.79 Å². The van der Waals surface area contributed by atoms with Crippen LogP contribution in [0.5, 0.6) is 0 Å². The smallest absolute Gasteiger partial charge is 0.306 e. The molecular formula is C14H20O2. The van der Waals surface area contributed by atoms with Gasteiger partial charge < -0.3 is 4.74 Å². The van der Waals surface area contributed by atoms with Crippen molar-refractivity contribution in [3.63, 3.8) is 0 Å². The van der Waals surface area contributed by atoms with E-state index in [1.165, 1.54) is 5.56 Å². The van der Waals surface area contributed by atoms with Gasteiger partial charge in [-0.15, -0.1) is 0 Å². The number of hydrogen-bond donors (Lipinski definition) is 0. The third-order valence-corrected chi connectivity index (χ3v) is 2.31. The Kier molecular flexibility index (Phi) is 5.62. The molecule has 0 aliphatic rings. The first-order valence-electron chi connectivity index (χ1n) is 5.92. The zero-order chi connectivity index (χ0) is 11.8. The molecule has 1 aromatic rings. The van der Waals surface area contributed by atoms with Gasteiger partial charge in [0, 0.05) is 6.42 Å². The lowest BCUT2D eigenvalue weighted by molar-refractivity contribution is -0.147. The Balaban J connectivity index is 2.10. The Labute approximate surface area is 97.6 Å². The van der Waals surface area contributed by atoms with Gasteiger partial charge in [0.25, 0.3) is 0 Å². The van der Waals surface area contributed by atoms with Crippen LogP contribution < -0.4 is 0 Å². The number of hydrogen-bond acceptors (Lipinski definition) is 2. The standard InChI is InChI=1S/C14H20O2/c1-12(2)16-14(15)11-7-6-10-13-8-4-3-5-9-13/h3-5,8-9,12H,6-7,10-11H2,1-2H3. The van der Waals surface area contributed by atoms with Crippen molar-refractivity contribution < 1.29 is 9.53 Å². The SMILES string of the molecule is CC(C)OC(=O)CCCCc1ccccc1. The Bertz CT molecular complexity index is 304. The molecule has 0 aromatic heterocycles. The van der Waals surface area contributed by atoms with Gasteiger partial charge >= 0.3 is 5.97 Å². The van der Waals surface area contributed by atoms with Crippen LogP contribution in [-0.2, 0) is 16.0 Å². The average Bonchev–Trinajstić information content (AvgIpc) is 2.25. The number of unbranched alkanes of at least 4 members (excludes halogenated alkanes) is 1. The summed E-state index contributed by atoms with van der Waals surface area (Å²) in [6, 6.07) is 10.3. The molecule has 0 heterocycles. The van der Waals surface area contributed by atoms with Crippen LogP contribution in [0.15, 0.2) is 30.3 Å². The van der Waals surface area contributed by atoms with Crippen molar-refractivity contribution in [2.75, 3.05) is 0 Å². The van der Waals surface area contributed by atoms with E-state index in [1.807, 2.05) is 32.0 Å². The highest BCUT2D eigenvalue weighted by Gasteiger charge is 2.04. The van der Waals surface area contributed by atoms with E-state index >= 15 is 0 Å². The topological polar surface area (TPSA) is 26.3 Å². The molecule has 0 N–H and O–H groups in total. The summed E-state index contributed by atoms with van der Waals surface area (Å²) in [6.07, 6.45) is 3.51. The molecule has 0 fully saturated rings. The highest BCUT2D eigenvalue weighted by atomic mass is 16.5. The van der Waals surface area contributed by atoms with Crippen LogP contribution in [0, 0.1) is 0 Å². The van der Waals surface area contributed by atoms with E-state index in [4.69, 9.17) is 4.74 Å². The van der Waals surface area contributed by atoms with Gasteiger partial charge in [-0.2, -0.15) is 0 Å². The molecule has 16 heavy (non-hydrogen) atoms. The van der Waals surface area contributed by atoms with Crippen molar-refractivity contribution in [1.29, 1.82) is 0 Å². The minimum atomic E-state index is -0.0805. The van der Waals surface area contributed by atoms with Crippen LogP contribution in [-0.4, -0.2) is 12.1 Å². The molecule has 0 amide bonds. The van der Waals surface area contributed by atoms with E-state index in [0.29, 0.717) is 6.42 Å². The summed E-state index contributed by atoms with van der Waals surface area (Å²) in [7, 11) is 0. The number of esters is 1. The number of benzene rings is 1. The summed E-state index contributed by atoms with van der Waals surface area (Å²) in [5.74, 6) is -0.0805. The van der Waals surface area contributed by atoms with E-state index in [1.54, 1.807) is 0 Å². The third-order valence-electron chi connectivity index (χ3n) is 2.31. The molecule has 2 heteroatoms. The lowest BCUT2D eigenvalue weighted by Gasteiger charge is -2.07. The van der Waals surface area contributed by atoms with Gasteiger partial charge in [-0.3, -0.25) is 4.79 Å². The molecule has 0 aliphatic carbocycles. The lowest BCUT2D eigenvalue weighted by atomic mass is 10.1. The molecule has 88 valence electrons. The first kappa shape index (κ1) is 12.8. The molecule has 2 nitrogen and oxygen atoms in total. The summed E-state index contributed by atoms with van der Waals surface area (Å²) in [5.41, 5.74) is 1.33. The number of aryl methyl sites for hydroxylation is 1. The van der Waals surface area contributed by atoms with E-state index < -0.39 is 0 Å². The fourth-order valence-electron chi connectivity index (χ4n) is 1.56.